The van der Waals surface area contributed by atoms with E-state index in [4.69, 9.17) is 11.6 Å². The molecule has 94 valence electrons. The number of anilines is 3. The van der Waals surface area contributed by atoms with E-state index in [1.54, 1.807) is 0 Å². The van der Waals surface area contributed by atoms with Gasteiger partial charge in [-0.1, -0.05) is 0 Å². The number of nitrogens with one attached hydrogen (secondary N) is 1. The van der Waals surface area contributed by atoms with Crippen LogP contribution in [0.4, 0.5) is 21.6 Å². The van der Waals surface area contributed by atoms with E-state index in [0.29, 0.717) is 0 Å². The van der Waals surface area contributed by atoms with E-state index in [1.165, 1.54) is 0 Å². The third-order valence-electron chi connectivity index (χ3n) is 2.36. The smallest absolute Gasteiger partial charge is 0.224 e. The first-order valence-electron chi connectivity index (χ1n) is 5.29. The zero-order valence-corrected chi connectivity index (χ0v) is 10.7. The maximum absolute atomic E-state index is 13.4. The van der Waals surface area contributed by atoms with Crippen LogP contribution in [0.1, 0.15) is 0 Å². The molecule has 0 radical (unpaired) electrons. The Labute approximate surface area is 109 Å². The Morgan fingerprint density at radius 3 is 2.50 bits per heavy atom. The van der Waals surface area contributed by atoms with Crippen LogP contribution in [-0.4, -0.2) is 24.1 Å². The molecule has 1 heterocycles. The second kappa shape index (κ2) is 5.18. The topological polar surface area (TPSA) is 41.0 Å². The number of aromatic nitrogens is 2. The van der Waals surface area contributed by atoms with Crippen LogP contribution in [-0.2, 0) is 0 Å². The van der Waals surface area contributed by atoms with Crippen LogP contribution in [0, 0.1) is 5.82 Å². The lowest BCUT2D eigenvalue weighted by atomic mass is 10.2. The molecular formula is C12H12ClFN4. The number of nitrogens with zero attached hydrogens (tertiary/aromatic N) is 3. The highest BCUT2D eigenvalue weighted by molar-refractivity contribution is 6.28. The molecule has 0 saturated carbocycles. The SMILES string of the molecule is CN(C)c1ccc(Nc2nc(Cl)ncc2F)cc1. The summed E-state index contributed by atoms with van der Waals surface area (Å²) >= 11 is 5.61. The molecule has 0 atom stereocenters. The quantitative estimate of drug-likeness (QED) is 0.867. The molecule has 0 spiro atoms. The largest absolute Gasteiger partial charge is 0.378 e. The van der Waals surface area contributed by atoms with Gasteiger partial charge in [0.25, 0.3) is 0 Å². The molecule has 0 bridgehead atoms. The van der Waals surface area contributed by atoms with Crippen molar-refractivity contribution in [2.75, 3.05) is 24.3 Å². The zero-order chi connectivity index (χ0) is 13.1. The standard InChI is InChI=1S/C12H12ClFN4/c1-18(2)9-5-3-8(4-6-9)16-11-10(14)7-15-12(13)17-11/h3-7H,1-2H3,(H,15,16,17). The molecule has 1 aromatic carbocycles. The van der Waals surface area contributed by atoms with Gasteiger partial charge in [0, 0.05) is 25.5 Å². The highest BCUT2D eigenvalue weighted by atomic mass is 35.5. The lowest BCUT2D eigenvalue weighted by Crippen LogP contribution is -2.08. The molecule has 0 aliphatic heterocycles. The average molecular weight is 267 g/mol. The van der Waals surface area contributed by atoms with Gasteiger partial charge in [0.1, 0.15) is 0 Å². The van der Waals surface area contributed by atoms with E-state index in [2.05, 4.69) is 15.3 Å². The number of hydrogen-bond donors (Lipinski definition) is 1. The van der Waals surface area contributed by atoms with Crippen LogP contribution in [0.25, 0.3) is 0 Å². The summed E-state index contributed by atoms with van der Waals surface area (Å²) in [5.41, 5.74) is 1.79. The van der Waals surface area contributed by atoms with Gasteiger partial charge < -0.3 is 10.2 Å². The Kier molecular flexibility index (Phi) is 3.62. The van der Waals surface area contributed by atoms with Crippen LogP contribution in [0.2, 0.25) is 5.28 Å². The van der Waals surface area contributed by atoms with E-state index in [-0.39, 0.29) is 11.1 Å². The molecule has 2 aromatic rings. The fraction of sp³-hybridized carbons (Fsp3) is 0.167. The summed E-state index contributed by atoms with van der Waals surface area (Å²) in [7, 11) is 3.90. The first kappa shape index (κ1) is 12.6. The minimum Gasteiger partial charge on any atom is -0.378 e. The maximum atomic E-state index is 13.4. The lowest BCUT2D eigenvalue weighted by molar-refractivity contribution is 0.619. The predicted molar refractivity (Wildman–Crippen MR) is 71.1 cm³/mol. The van der Waals surface area contributed by atoms with Crippen molar-refractivity contribution in [1.29, 1.82) is 0 Å². The van der Waals surface area contributed by atoms with Gasteiger partial charge in [-0.15, -0.1) is 0 Å². The Morgan fingerprint density at radius 2 is 1.89 bits per heavy atom. The van der Waals surface area contributed by atoms with E-state index < -0.39 is 5.82 Å². The normalized spacial score (nSPS) is 10.2. The van der Waals surface area contributed by atoms with Crippen molar-refractivity contribution < 1.29 is 4.39 Å². The Bertz CT molecular complexity index is 542. The Morgan fingerprint density at radius 1 is 1.22 bits per heavy atom. The predicted octanol–water partition coefficient (Wildman–Crippen LogP) is 3.08. The van der Waals surface area contributed by atoms with Crippen LogP contribution in [0.5, 0.6) is 0 Å². The lowest BCUT2D eigenvalue weighted by Gasteiger charge is -2.13. The molecule has 18 heavy (non-hydrogen) atoms. The summed E-state index contributed by atoms with van der Waals surface area (Å²) in [6, 6.07) is 7.52. The summed E-state index contributed by atoms with van der Waals surface area (Å²) in [6.45, 7) is 0. The molecular weight excluding hydrogens is 255 g/mol. The Balaban J connectivity index is 2.21. The van der Waals surface area contributed by atoms with Gasteiger partial charge in [0.05, 0.1) is 6.20 Å². The molecule has 1 N–H and O–H groups in total. The van der Waals surface area contributed by atoms with Crippen molar-refractivity contribution in [2.45, 2.75) is 0 Å². The summed E-state index contributed by atoms with van der Waals surface area (Å²) in [6.07, 6.45) is 1.03. The molecule has 0 aliphatic rings. The fourth-order valence-electron chi connectivity index (χ4n) is 1.41. The van der Waals surface area contributed by atoms with E-state index in [0.717, 1.165) is 17.6 Å². The number of benzene rings is 1. The fourth-order valence-corrected chi connectivity index (χ4v) is 1.55. The minimum absolute atomic E-state index is 0.00353. The molecule has 4 nitrogen and oxygen atoms in total. The third-order valence-corrected chi connectivity index (χ3v) is 2.54. The number of halogens is 2. The molecule has 0 fully saturated rings. The monoisotopic (exact) mass is 266 g/mol. The van der Waals surface area contributed by atoms with E-state index >= 15 is 0 Å². The summed E-state index contributed by atoms with van der Waals surface area (Å²) < 4.78 is 13.4. The second-order valence-corrected chi connectivity index (χ2v) is 4.24. The summed E-state index contributed by atoms with van der Waals surface area (Å²) in [5, 5.41) is 2.85. The molecule has 6 heteroatoms. The van der Waals surface area contributed by atoms with Gasteiger partial charge in [-0.05, 0) is 35.9 Å². The highest BCUT2D eigenvalue weighted by Gasteiger charge is 2.06. The summed E-state index contributed by atoms with van der Waals surface area (Å²) in [4.78, 5) is 9.31. The van der Waals surface area contributed by atoms with Crippen molar-refractivity contribution in [3.63, 3.8) is 0 Å². The molecule has 0 aliphatic carbocycles. The average Bonchev–Trinajstić information content (AvgIpc) is 2.34. The maximum Gasteiger partial charge on any atom is 0.224 e. The van der Waals surface area contributed by atoms with Crippen molar-refractivity contribution in [3.8, 4) is 0 Å². The van der Waals surface area contributed by atoms with Crippen molar-refractivity contribution >= 4 is 28.8 Å². The summed E-state index contributed by atoms with van der Waals surface area (Å²) in [5.74, 6) is -0.483. The molecule has 0 unspecified atom stereocenters. The highest BCUT2D eigenvalue weighted by Crippen LogP contribution is 2.21. The second-order valence-electron chi connectivity index (χ2n) is 3.90. The van der Waals surface area contributed by atoms with Crippen molar-refractivity contribution in [2.24, 2.45) is 0 Å². The van der Waals surface area contributed by atoms with Gasteiger partial charge in [-0.3, -0.25) is 0 Å². The zero-order valence-electron chi connectivity index (χ0n) is 9.98. The molecule has 1 aromatic heterocycles. The first-order chi connectivity index (χ1) is 8.56. The van der Waals surface area contributed by atoms with Gasteiger partial charge in [0.2, 0.25) is 5.28 Å². The Hall–Kier alpha value is -1.88. The van der Waals surface area contributed by atoms with Crippen LogP contribution < -0.4 is 10.2 Å². The van der Waals surface area contributed by atoms with Crippen LogP contribution in [0.3, 0.4) is 0 Å². The molecule has 0 saturated heterocycles. The van der Waals surface area contributed by atoms with Crippen molar-refractivity contribution in [1.82, 2.24) is 9.97 Å². The number of rotatable bonds is 3. The van der Waals surface area contributed by atoms with E-state index in [1.807, 2.05) is 43.3 Å². The van der Waals surface area contributed by atoms with Gasteiger partial charge >= 0.3 is 0 Å². The van der Waals surface area contributed by atoms with Crippen LogP contribution in [0.15, 0.2) is 30.5 Å². The molecule has 0 amide bonds. The molecule has 2 rings (SSSR count). The minimum atomic E-state index is -0.545. The van der Waals surface area contributed by atoms with Gasteiger partial charge in [0.15, 0.2) is 11.6 Å². The van der Waals surface area contributed by atoms with Gasteiger partial charge in [-0.25, -0.2) is 9.37 Å². The first-order valence-corrected chi connectivity index (χ1v) is 5.66. The van der Waals surface area contributed by atoms with Gasteiger partial charge in [-0.2, -0.15) is 4.98 Å². The number of hydrogen-bond acceptors (Lipinski definition) is 4. The third kappa shape index (κ3) is 2.87. The van der Waals surface area contributed by atoms with E-state index in [9.17, 15) is 4.39 Å². The van der Waals surface area contributed by atoms with Crippen LogP contribution >= 0.6 is 11.6 Å². The van der Waals surface area contributed by atoms with Crippen molar-refractivity contribution in [3.05, 3.63) is 41.6 Å².